The summed E-state index contributed by atoms with van der Waals surface area (Å²) in [7, 11) is 1.45. The third-order valence-electron chi connectivity index (χ3n) is 4.73. The van der Waals surface area contributed by atoms with Crippen molar-refractivity contribution in [3.63, 3.8) is 0 Å². The maximum absolute atomic E-state index is 14.0. The number of aromatic nitrogens is 1. The van der Waals surface area contributed by atoms with Gasteiger partial charge in [-0.05, 0) is 55.8 Å². The molecule has 1 aromatic heterocycles. The van der Waals surface area contributed by atoms with Gasteiger partial charge in [0.05, 0.1) is 12.6 Å². The van der Waals surface area contributed by atoms with Crippen LogP contribution in [0.1, 0.15) is 12.8 Å². The van der Waals surface area contributed by atoms with E-state index in [2.05, 4.69) is 10.3 Å². The number of fused-ring (bicyclic) bond motifs is 1. The maximum atomic E-state index is 14.0. The fourth-order valence-electron chi connectivity index (χ4n) is 3.28. The Balaban J connectivity index is 1.56. The molecule has 1 aliphatic heterocycles. The molecule has 0 amide bonds. The number of nitrogens with one attached hydrogen (secondary N) is 1. The van der Waals surface area contributed by atoms with Crippen molar-refractivity contribution in [1.82, 2.24) is 10.3 Å². The third-order valence-corrected chi connectivity index (χ3v) is 4.73. The van der Waals surface area contributed by atoms with Gasteiger partial charge in [-0.25, -0.2) is 4.39 Å². The number of rotatable bonds is 4. The van der Waals surface area contributed by atoms with Gasteiger partial charge in [0.15, 0.2) is 11.6 Å². The quantitative estimate of drug-likeness (QED) is 0.765. The summed E-state index contributed by atoms with van der Waals surface area (Å²) in [6, 6.07) is 13.0. The molecule has 26 heavy (non-hydrogen) atoms. The molecule has 4 nitrogen and oxygen atoms in total. The van der Waals surface area contributed by atoms with Gasteiger partial charge in [0, 0.05) is 23.2 Å². The van der Waals surface area contributed by atoms with Crippen molar-refractivity contribution in [2.24, 2.45) is 0 Å². The second-order valence-electron chi connectivity index (χ2n) is 6.50. The SMILES string of the molecule is COc1cc2ncc(-c3ccc(OC4CCNCC4)cc3)cc2cc1F. The summed E-state index contributed by atoms with van der Waals surface area (Å²) in [5, 5.41) is 4.08. The minimum atomic E-state index is -0.385. The molecule has 0 unspecified atom stereocenters. The van der Waals surface area contributed by atoms with Gasteiger partial charge in [0.2, 0.25) is 0 Å². The lowest BCUT2D eigenvalue weighted by atomic mass is 10.0. The lowest BCUT2D eigenvalue weighted by molar-refractivity contribution is 0.162. The van der Waals surface area contributed by atoms with Crippen molar-refractivity contribution >= 4 is 10.9 Å². The Kier molecular flexibility index (Phi) is 4.71. The molecule has 1 saturated heterocycles. The van der Waals surface area contributed by atoms with E-state index in [-0.39, 0.29) is 17.7 Å². The van der Waals surface area contributed by atoms with E-state index >= 15 is 0 Å². The predicted octanol–water partition coefficient (Wildman–Crippen LogP) is 4.18. The molecule has 1 fully saturated rings. The van der Waals surface area contributed by atoms with Crippen LogP contribution in [0, 0.1) is 5.82 Å². The van der Waals surface area contributed by atoms with E-state index in [1.54, 1.807) is 12.3 Å². The van der Waals surface area contributed by atoms with Crippen LogP contribution >= 0.6 is 0 Å². The summed E-state index contributed by atoms with van der Waals surface area (Å²) in [6.45, 7) is 2.01. The van der Waals surface area contributed by atoms with Gasteiger partial charge in [0.1, 0.15) is 11.9 Å². The molecule has 2 heterocycles. The van der Waals surface area contributed by atoms with Gasteiger partial charge in [0.25, 0.3) is 0 Å². The Morgan fingerprint density at radius 2 is 1.81 bits per heavy atom. The zero-order valence-electron chi connectivity index (χ0n) is 14.7. The smallest absolute Gasteiger partial charge is 0.165 e. The Labute approximate surface area is 152 Å². The van der Waals surface area contributed by atoms with E-state index in [9.17, 15) is 4.39 Å². The summed E-state index contributed by atoms with van der Waals surface area (Å²) >= 11 is 0. The van der Waals surface area contributed by atoms with Crippen LogP contribution in [-0.2, 0) is 0 Å². The van der Waals surface area contributed by atoms with E-state index in [4.69, 9.17) is 9.47 Å². The number of methoxy groups -OCH3 is 1. The predicted molar refractivity (Wildman–Crippen MR) is 100 cm³/mol. The number of piperidine rings is 1. The van der Waals surface area contributed by atoms with Gasteiger partial charge < -0.3 is 14.8 Å². The lowest BCUT2D eigenvalue weighted by Gasteiger charge is -2.23. The number of nitrogens with zero attached hydrogens (tertiary/aromatic N) is 1. The summed E-state index contributed by atoms with van der Waals surface area (Å²) < 4.78 is 25.0. The van der Waals surface area contributed by atoms with Gasteiger partial charge in [-0.15, -0.1) is 0 Å². The third kappa shape index (κ3) is 3.48. The highest BCUT2D eigenvalue weighted by molar-refractivity contribution is 5.84. The number of halogens is 1. The van der Waals surface area contributed by atoms with Crippen molar-refractivity contribution in [2.75, 3.05) is 20.2 Å². The average Bonchev–Trinajstić information content (AvgIpc) is 2.68. The van der Waals surface area contributed by atoms with Crippen molar-refractivity contribution in [2.45, 2.75) is 18.9 Å². The zero-order valence-corrected chi connectivity index (χ0v) is 14.7. The van der Waals surface area contributed by atoms with Crippen LogP contribution in [-0.4, -0.2) is 31.3 Å². The second-order valence-corrected chi connectivity index (χ2v) is 6.50. The standard InChI is InChI=1S/C21H21FN2O2/c1-25-21-12-20-15(11-19(21)22)10-16(13-24-20)14-2-4-17(5-3-14)26-18-6-8-23-9-7-18/h2-5,10-13,18,23H,6-9H2,1H3. The van der Waals surface area contributed by atoms with E-state index in [1.807, 2.05) is 30.3 Å². The zero-order chi connectivity index (χ0) is 17.9. The molecule has 0 spiro atoms. The van der Waals surface area contributed by atoms with E-state index in [1.165, 1.54) is 13.2 Å². The van der Waals surface area contributed by atoms with Gasteiger partial charge in [-0.1, -0.05) is 12.1 Å². The fraction of sp³-hybridized carbons (Fsp3) is 0.286. The van der Waals surface area contributed by atoms with Crippen LogP contribution in [0.4, 0.5) is 4.39 Å². The molecule has 4 rings (SSSR count). The van der Waals surface area contributed by atoms with Crippen LogP contribution in [0.25, 0.3) is 22.0 Å². The maximum Gasteiger partial charge on any atom is 0.165 e. The van der Waals surface area contributed by atoms with Crippen molar-refractivity contribution in [1.29, 1.82) is 0 Å². The first kappa shape index (κ1) is 16.8. The van der Waals surface area contributed by atoms with Crippen molar-refractivity contribution in [3.05, 3.63) is 54.5 Å². The summed E-state index contributed by atoms with van der Waals surface area (Å²) in [5.74, 6) is 0.701. The molecule has 134 valence electrons. The van der Waals surface area contributed by atoms with E-state index in [0.717, 1.165) is 48.2 Å². The van der Waals surface area contributed by atoms with Crippen LogP contribution < -0.4 is 14.8 Å². The lowest BCUT2D eigenvalue weighted by Crippen LogP contribution is -2.34. The minimum Gasteiger partial charge on any atom is -0.494 e. The van der Waals surface area contributed by atoms with Gasteiger partial charge in [-0.2, -0.15) is 0 Å². The molecule has 0 aliphatic carbocycles. The Hall–Kier alpha value is -2.66. The molecule has 5 heteroatoms. The highest BCUT2D eigenvalue weighted by Crippen LogP contribution is 2.28. The second kappa shape index (κ2) is 7.30. The van der Waals surface area contributed by atoms with Crippen LogP contribution in [0.2, 0.25) is 0 Å². The topological polar surface area (TPSA) is 43.4 Å². The molecular formula is C21H21FN2O2. The Morgan fingerprint density at radius 1 is 1.04 bits per heavy atom. The number of pyridine rings is 1. The molecule has 0 radical (unpaired) electrons. The highest BCUT2D eigenvalue weighted by Gasteiger charge is 2.14. The fourth-order valence-corrected chi connectivity index (χ4v) is 3.28. The molecular weight excluding hydrogens is 331 g/mol. The van der Waals surface area contributed by atoms with Crippen molar-refractivity contribution in [3.8, 4) is 22.6 Å². The molecule has 0 bridgehead atoms. The normalized spacial score (nSPS) is 15.2. The first-order valence-corrected chi connectivity index (χ1v) is 8.84. The number of ether oxygens (including phenoxy) is 2. The number of hydrogen-bond donors (Lipinski definition) is 1. The molecule has 1 N–H and O–H groups in total. The summed E-state index contributed by atoms with van der Waals surface area (Å²) in [6.07, 6.45) is 4.14. The molecule has 3 aromatic rings. The van der Waals surface area contributed by atoms with Crippen molar-refractivity contribution < 1.29 is 13.9 Å². The largest absolute Gasteiger partial charge is 0.494 e. The highest BCUT2D eigenvalue weighted by atomic mass is 19.1. The number of benzene rings is 2. The van der Waals surface area contributed by atoms with Gasteiger partial charge in [-0.3, -0.25) is 4.98 Å². The molecule has 0 atom stereocenters. The van der Waals surface area contributed by atoms with Gasteiger partial charge >= 0.3 is 0 Å². The number of hydrogen-bond acceptors (Lipinski definition) is 4. The van der Waals surface area contributed by atoms with Crippen LogP contribution in [0.15, 0.2) is 48.7 Å². The first-order valence-electron chi connectivity index (χ1n) is 8.84. The Bertz CT molecular complexity index is 906. The molecule has 1 aliphatic rings. The molecule has 2 aromatic carbocycles. The van der Waals surface area contributed by atoms with E-state index < -0.39 is 0 Å². The summed E-state index contributed by atoms with van der Waals surface area (Å²) in [5.41, 5.74) is 2.67. The Morgan fingerprint density at radius 3 is 2.54 bits per heavy atom. The van der Waals surface area contributed by atoms with Crippen LogP contribution in [0.5, 0.6) is 11.5 Å². The first-order chi connectivity index (χ1) is 12.7. The summed E-state index contributed by atoms with van der Waals surface area (Å²) in [4.78, 5) is 4.44. The monoisotopic (exact) mass is 352 g/mol. The van der Waals surface area contributed by atoms with E-state index in [0.29, 0.717) is 5.52 Å². The average molecular weight is 352 g/mol. The van der Waals surface area contributed by atoms with Crippen LogP contribution in [0.3, 0.4) is 0 Å². The minimum absolute atomic E-state index is 0.206. The molecule has 0 saturated carbocycles.